The van der Waals surface area contributed by atoms with Gasteiger partial charge in [0.2, 0.25) is 0 Å². The lowest BCUT2D eigenvalue weighted by Crippen LogP contribution is -2.25. The van der Waals surface area contributed by atoms with E-state index >= 15 is 0 Å². The van der Waals surface area contributed by atoms with Gasteiger partial charge in [-0.05, 0) is 37.1 Å². The van der Waals surface area contributed by atoms with E-state index in [0.29, 0.717) is 6.54 Å². The zero-order valence-corrected chi connectivity index (χ0v) is 11.8. The number of likely N-dealkylation sites (tertiary alicyclic amines) is 1. The van der Waals surface area contributed by atoms with Crippen LogP contribution in [-0.4, -0.2) is 32.9 Å². The van der Waals surface area contributed by atoms with E-state index in [4.69, 9.17) is 0 Å². The molecule has 0 amide bonds. The van der Waals surface area contributed by atoms with Crippen LogP contribution in [0.1, 0.15) is 30.3 Å². The fraction of sp³-hybridized carbons (Fsp3) is 0.467. The molecule has 1 atom stereocenters. The first-order valence-electron chi connectivity index (χ1n) is 7.20. The lowest BCUT2D eigenvalue weighted by atomic mass is 10.0. The third-order valence-corrected chi connectivity index (χ3v) is 3.93. The van der Waals surface area contributed by atoms with Gasteiger partial charge >= 0.3 is 0 Å². The minimum absolute atomic E-state index is 0.191. The topological polar surface area (TPSA) is 34.0 Å². The van der Waals surface area contributed by atoms with Gasteiger partial charge in [0, 0.05) is 6.04 Å². The second kappa shape index (κ2) is 6.30. The van der Waals surface area contributed by atoms with Crippen molar-refractivity contribution in [3.63, 3.8) is 0 Å². The molecule has 0 radical (unpaired) electrons. The average molecular weight is 292 g/mol. The predicted octanol–water partition coefficient (Wildman–Crippen LogP) is 2.72. The van der Waals surface area contributed by atoms with Crippen LogP contribution in [-0.2, 0) is 13.1 Å². The summed E-state index contributed by atoms with van der Waals surface area (Å²) in [6.45, 7) is 1.32. The van der Waals surface area contributed by atoms with Gasteiger partial charge in [0.25, 0.3) is 0 Å². The molecule has 1 unspecified atom stereocenters. The lowest BCUT2D eigenvalue weighted by molar-refractivity contribution is 0.235. The Kier molecular flexibility index (Phi) is 4.24. The van der Waals surface area contributed by atoms with E-state index in [1.54, 1.807) is 16.8 Å². The zero-order valence-electron chi connectivity index (χ0n) is 11.8. The molecule has 1 fully saturated rings. The highest BCUT2D eigenvalue weighted by molar-refractivity contribution is 5.21. The van der Waals surface area contributed by atoms with Crippen LogP contribution in [0.15, 0.2) is 30.6 Å². The molecule has 1 aliphatic heterocycles. The van der Waals surface area contributed by atoms with Crippen molar-refractivity contribution < 1.29 is 8.78 Å². The molecule has 3 rings (SSSR count). The molecule has 2 heterocycles. The Hall–Kier alpha value is -1.82. The molecular formula is C15H18F2N4. The molecule has 2 aromatic rings. The fourth-order valence-electron chi connectivity index (χ4n) is 2.97. The Bertz CT molecular complexity index is 599. The number of nitrogens with zero attached hydrogens (tertiary/aromatic N) is 4. The molecule has 1 aromatic heterocycles. The molecule has 6 heteroatoms. The summed E-state index contributed by atoms with van der Waals surface area (Å²) < 4.78 is 27.5. The number of aromatic nitrogens is 3. The van der Waals surface area contributed by atoms with Gasteiger partial charge in [-0.3, -0.25) is 4.90 Å². The van der Waals surface area contributed by atoms with Gasteiger partial charge in [0.05, 0.1) is 13.1 Å². The quantitative estimate of drug-likeness (QED) is 0.849. The first kappa shape index (κ1) is 14.1. The van der Waals surface area contributed by atoms with Gasteiger partial charge < -0.3 is 0 Å². The van der Waals surface area contributed by atoms with Gasteiger partial charge in [-0.15, -0.1) is 0 Å². The summed E-state index contributed by atoms with van der Waals surface area (Å²) in [5.74, 6) is 0.552. The third-order valence-electron chi connectivity index (χ3n) is 3.93. The Morgan fingerprint density at radius 1 is 1.33 bits per heavy atom. The van der Waals surface area contributed by atoms with Gasteiger partial charge in [0.1, 0.15) is 24.6 Å². The van der Waals surface area contributed by atoms with Crippen LogP contribution in [0.4, 0.5) is 8.78 Å². The first-order chi connectivity index (χ1) is 10.3. The Balaban J connectivity index is 1.76. The summed E-state index contributed by atoms with van der Waals surface area (Å²) in [6.07, 6.45) is 3.53. The van der Waals surface area contributed by atoms with Crippen LogP contribution in [0, 0.1) is 5.82 Å². The molecule has 21 heavy (non-hydrogen) atoms. The monoisotopic (exact) mass is 292 g/mol. The summed E-state index contributed by atoms with van der Waals surface area (Å²) in [5, 5.41) is 4.04. The van der Waals surface area contributed by atoms with Gasteiger partial charge in [-0.2, -0.15) is 5.10 Å². The summed E-state index contributed by atoms with van der Waals surface area (Å²) in [5.41, 5.74) is 0.990. The number of hydrogen-bond acceptors (Lipinski definition) is 3. The average Bonchev–Trinajstić information content (AvgIpc) is 3.10. The summed E-state index contributed by atoms with van der Waals surface area (Å²) in [7, 11) is 0. The molecule has 112 valence electrons. The van der Waals surface area contributed by atoms with Crippen molar-refractivity contribution in [3.05, 3.63) is 47.8 Å². The standard InChI is InChI=1S/C15H18F2N4/c16-6-8-21-15(18-11-19-21)10-20-7-2-5-14(20)12-3-1-4-13(17)9-12/h1,3-4,9,11,14H,2,5-8,10H2. The van der Waals surface area contributed by atoms with E-state index in [0.717, 1.165) is 30.8 Å². The molecule has 0 bridgehead atoms. The highest BCUT2D eigenvalue weighted by Crippen LogP contribution is 2.33. The minimum Gasteiger partial charge on any atom is -0.289 e. The SMILES string of the molecule is FCCn1ncnc1CN1CCCC1c1cccc(F)c1. The normalized spacial score (nSPS) is 19.2. The summed E-state index contributed by atoms with van der Waals surface area (Å²) >= 11 is 0. The molecule has 1 aromatic carbocycles. The van der Waals surface area contributed by atoms with Crippen LogP contribution < -0.4 is 0 Å². The van der Waals surface area contributed by atoms with Crippen molar-refractivity contribution in [2.45, 2.75) is 32.0 Å². The molecule has 0 spiro atoms. The lowest BCUT2D eigenvalue weighted by Gasteiger charge is -2.24. The first-order valence-corrected chi connectivity index (χ1v) is 7.20. The highest BCUT2D eigenvalue weighted by Gasteiger charge is 2.27. The van der Waals surface area contributed by atoms with Crippen LogP contribution in [0.5, 0.6) is 0 Å². The Morgan fingerprint density at radius 3 is 3.05 bits per heavy atom. The highest BCUT2D eigenvalue weighted by atomic mass is 19.1. The van der Waals surface area contributed by atoms with Crippen molar-refractivity contribution in [1.82, 2.24) is 19.7 Å². The van der Waals surface area contributed by atoms with E-state index in [-0.39, 0.29) is 18.4 Å². The van der Waals surface area contributed by atoms with Crippen molar-refractivity contribution in [2.24, 2.45) is 0 Å². The molecule has 0 N–H and O–H groups in total. The van der Waals surface area contributed by atoms with Crippen LogP contribution in [0.2, 0.25) is 0 Å². The van der Waals surface area contributed by atoms with Crippen molar-refractivity contribution >= 4 is 0 Å². The summed E-state index contributed by atoms with van der Waals surface area (Å²) in [4.78, 5) is 6.47. The number of alkyl halides is 1. The maximum Gasteiger partial charge on any atom is 0.141 e. The van der Waals surface area contributed by atoms with E-state index in [1.807, 2.05) is 6.07 Å². The molecule has 4 nitrogen and oxygen atoms in total. The van der Waals surface area contributed by atoms with Crippen molar-refractivity contribution in [2.75, 3.05) is 13.2 Å². The molecule has 1 saturated heterocycles. The van der Waals surface area contributed by atoms with Gasteiger partial charge in [-0.1, -0.05) is 12.1 Å². The molecule has 1 aliphatic rings. The molecule has 0 saturated carbocycles. The predicted molar refractivity (Wildman–Crippen MR) is 74.8 cm³/mol. The Labute approximate surface area is 122 Å². The Morgan fingerprint density at radius 2 is 2.24 bits per heavy atom. The van der Waals surface area contributed by atoms with E-state index < -0.39 is 6.67 Å². The summed E-state index contributed by atoms with van der Waals surface area (Å²) in [6, 6.07) is 6.94. The number of halogens is 2. The van der Waals surface area contributed by atoms with Crippen molar-refractivity contribution in [3.8, 4) is 0 Å². The number of aryl methyl sites for hydroxylation is 1. The minimum atomic E-state index is -0.455. The van der Waals surface area contributed by atoms with Crippen LogP contribution >= 0.6 is 0 Å². The number of benzene rings is 1. The molecule has 0 aliphatic carbocycles. The van der Waals surface area contributed by atoms with Crippen molar-refractivity contribution in [1.29, 1.82) is 0 Å². The second-order valence-corrected chi connectivity index (χ2v) is 5.27. The third kappa shape index (κ3) is 3.10. The van der Waals surface area contributed by atoms with Crippen LogP contribution in [0.25, 0.3) is 0 Å². The molecular weight excluding hydrogens is 274 g/mol. The number of rotatable bonds is 5. The zero-order chi connectivity index (χ0) is 14.7. The van der Waals surface area contributed by atoms with E-state index in [1.165, 1.54) is 12.4 Å². The maximum atomic E-state index is 13.4. The smallest absolute Gasteiger partial charge is 0.141 e. The van der Waals surface area contributed by atoms with Gasteiger partial charge in [-0.25, -0.2) is 18.4 Å². The van der Waals surface area contributed by atoms with E-state index in [9.17, 15) is 8.78 Å². The fourth-order valence-corrected chi connectivity index (χ4v) is 2.97. The number of hydrogen-bond donors (Lipinski definition) is 0. The van der Waals surface area contributed by atoms with E-state index in [2.05, 4.69) is 15.0 Å². The largest absolute Gasteiger partial charge is 0.289 e. The second-order valence-electron chi connectivity index (χ2n) is 5.27. The van der Waals surface area contributed by atoms with Crippen LogP contribution in [0.3, 0.4) is 0 Å². The van der Waals surface area contributed by atoms with Gasteiger partial charge in [0.15, 0.2) is 0 Å². The maximum absolute atomic E-state index is 13.4.